The van der Waals surface area contributed by atoms with Gasteiger partial charge in [-0.05, 0) is 53.9 Å². The second kappa shape index (κ2) is 13.1. The van der Waals surface area contributed by atoms with Crippen LogP contribution in [-0.2, 0) is 9.53 Å². The lowest BCUT2D eigenvalue weighted by molar-refractivity contribution is -0.258. The van der Waals surface area contributed by atoms with Crippen LogP contribution in [0.3, 0.4) is 0 Å². The Kier molecular flexibility index (Phi) is 9.61. The molecule has 1 aliphatic heterocycles. The first-order valence-electron chi connectivity index (χ1n) is 13.7. The summed E-state index contributed by atoms with van der Waals surface area (Å²) in [5.41, 5.74) is 1.88. The van der Waals surface area contributed by atoms with Gasteiger partial charge in [-0.2, -0.15) is 5.26 Å². The third kappa shape index (κ3) is 6.54. The lowest BCUT2D eigenvalue weighted by Gasteiger charge is -2.39. The summed E-state index contributed by atoms with van der Waals surface area (Å²) in [5, 5.41) is 44.4. The van der Waals surface area contributed by atoms with E-state index in [4.69, 9.17) is 9.15 Å². The second-order valence-electron chi connectivity index (χ2n) is 10.2. The van der Waals surface area contributed by atoms with Crippen LogP contribution < -0.4 is 10.2 Å². The largest absolute Gasteiger partial charge is 0.457 e. The minimum Gasteiger partial charge on any atom is -0.457 e. The number of hydrogen-bond acceptors (Lipinski definition) is 8. The molecule has 0 bridgehead atoms. The Hall–Kier alpha value is -3.68. The average molecular weight is 548 g/mol. The van der Waals surface area contributed by atoms with Crippen molar-refractivity contribution in [1.82, 2.24) is 5.32 Å². The molecule has 2 heterocycles. The normalized spacial score (nSPS) is 23.1. The smallest absolute Gasteiger partial charge is 0.262 e. The number of fused-ring (bicyclic) bond motifs is 1. The lowest BCUT2D eigenvalue weighted by atomic mass is 9.92. The van der Waals surface area contributed by atoms with Crippen LogP contribution in [0.25, 0.3) is 28.2 Å². The second-order valence-corrected chi connectivity index (χ2v) is 10.2. The number of carbonyl (C=O) groups excluding carboxylic acids is 1. The highest BCUT2D eigenvalue weighted by Gasteiger charge is 2.41. The van der Waals surface area contributed by atoms with E-state index in [1.807, 2.05) is 18.2 Å². The minimum atomic E-state index is -1.29. The number of nitrogens with zero attached hydrogens (tertiary/aromatic N) is 2. The number of aliphatic hydroxyl groups excluding tert-OH is 3. The van der Waals surface area contributed by atoms with Gasteiger partial charge in [-0.3, -0.25) is 4.79 Å². The van der Waals surface area contributed by atoms with Gasteiger partial charge in [0, 0.05) is 42.9 Å². The zero-order chi connectivity index (χ0) is 28.8. The monoisotopic (exact) mass is 547 g/mol. The first-order valence-corrected chi connectivity index (χ1v) is 13.7. The molecule has 9 nitrogen and oxygen atoms in total. The highest BCUT2D eigenvalue weighted by molar-refractivity contribution is 6.01. The molecule has 1 saturated heterocycles. The maximum absolute atomic E-state index is 12.6. The number of aliphatic hydroxyl groups is 3. The Labute approximate surface area is 234 Å². The summed E-state index contributed by atoms with van der Waals surface area (Å²) in [6.07, 6.45) is -1.27. The highest BCUT2D eigenvalue weighted by Crippen LogP contribution is 2.30. The van der Waals surface area contributed by atoms with E-state index in [9.17, 15) is 25.4 Å². The number of rotatable bonds is 10. The summed E-state index contributed by atoms with van der Waals surface area (Å²) in [7, 11) is 0. The lowest BCUT2D eigenvalue weighted by Crippen LogP contribution is -2.56. The molecular formula is C31H37N3O6. The standard InChI is InChI=1S/C31H37N3O6/c1-4-12-34(13-5-2)24-9-8-20-14-22(7-6-21(20)15-24)26-11-10-25(39-26)16-23(17-32)30(37)33-18-27-29(36)28(35)19(3)31(38)40-27/h6-11,14-16,19,27-29,31,35-36,38H,4-5,12-13,18H2,1-3H3,(H,33,37)/b23-16+/t19-,27-,28-,29-,31?/m1/s1. The molecule has 0 saturated carbocycles. The van der Waals surface area contributed by atoms with Gasteiger partial charge in [0.2, 0.25) is 0 Å². The van der Waals surface area contributed by atoms with Crippen LogP contribution >= 0.6 is 0 Å². The topological polar surface area (TPSA) is 139 Å². The summed E-state index contributed by atoms with van der Waals surface area (Å²) < 4.78 is 11.2. The number of benzene rings is 2. The van der Waals surface area contributed by atoms with Crippen molar-refractivity contribution in [2.45, 2.75) is 58.2 Å². The van der Waals surface area contributed by atoms with Crippen molar-refractivity contribution in [1.29, 1.82) is 5.26 Å². The van der Waals surface area contributed by atoms with Crippen molar-refractivity contribution >= 4 is 28.4 Å². The fourth-order valence-corrected chi connectivity index (χ4v) is 4.91. The molecule has 4 rings (SSSR count). The van der Waals surface area contributed by atoms with Gasteiger partial charge in [-0.25, -0.2) is 0 Å². The molecule has 1 amide bonds. The van der Waals surface area contributed by atoms with E-state index in [-0.39, 0.29) is 12.1 Å². The van der Waals surface area contributed by atoms with Crippen molar-refractivity contribution in [3.63, 3.8) is 0 Å². The fourth-order valence-electron chi connectivity index (χ4n) is 4.91. The SMILES string of the molecule is CCCN(CCC)c1ccc2cc(-c3ccc(/C=C(\C#N)C(=O)NC[C@H]4OC(O)[C@H](C)[C@@H](O)[C@@H]4O)o3)ccc2c1. The molecule has 1 unspecified atom stereocenters. The van der Waals surface area contributed by atoms with Crippen LogP contribution in [0.5, 0.6) is 0 Å². The van der Waals surface area contributed by atoms with E-state index in [2.05, 4.69) is 48.3 Å². The molecule has 0 spiro atoms. The van der Waals surface area contributed by atoms with Crippen LogP contribution in [0, 0.1) is 17.2 Å². The predicted octanol–water partition coefficient (Wildman–Crippen LogP) is 3.82. The molecule has 3 aromatic rings. The summed E-state index contributed by atoms with van der Waals surface area (Å²) in [5.74, 6) is -0.433. The molecule has 1 fully saturated rings. The minimum absolute atomic E-state index is 0.198. The van der Waals surface area contributed by atoms with Crippen molar-refractivity contribution in [2.75, 3.05) is 24.5 Å². The van der Waals surface area contributed by atoms with E-state index in [0.717, 1.165) is 42.3 Å². The van der Waals surface area contributed by atoms with Crippen molar-refractivity contribution in [3.05, 3.63) is 59.9 Å². The zero-order valence-electron chi connectivity index (χ0n) is 23.1. The van der Waals surface area contributed by atoms with Gasteiger partial charge in [0.05, 0.1) is 6.10 Å². The average Bonchev–Trinajstić information content (AvgIpc) is 3.43. The van der Waals surface area contributed by atoms with Crippen LogP contribution in [-0.4, -0.2) is 65.5 Å². The maximum atomic E-state index is 12.6. The van der Waals surface area contributed by atoms with E-state index in [1.165, 1.54) is 11.8 Å². The molecule has 9 heteroatoms. The van der Waals surface area contributed by atoms with Crippen LogP contribution in [0.4, 0.5) is 5.69 Å². The number of nitrogens with one attached hydrogen (secondary N) is 1. The van der Waals surface area contributed by atoms with Gasteiger partial charge in [0.1, 0.15) is 35.4 Å². The molecule has 40 heavy (non-hydrogen) atoms. The summed E-state index contributed by atoms with van der Waals surface area (Å²) in [6, 6.07) is 17.9. The van der Waals surface area contributed by atoms with Crippen LogP contribution in [0.15, 0.2) is 58.5 Å². The number of furan rings is 1. The first kappa shape index (κ1) is 29.3. The van der Waals surface area contributed by atoms with Gasteiger partial charge >= 0.3 is 0 Å². The number of nitriles is 1. The van der Waals surface area contributed by atoms with Gasteiger partial charge < -0.3 is 34.7 Å². The molecule has 0 aliphatic carbocycles. The molecule has 5 atom stereocenters. The fraction of sp³-hybridized carbons (Fsp3) is 0.419. The molecule has 1 aromatic heterocycles. The van der Waals surface area contributed by atoms with E-state index < -0.39 is 36.4 Å². The summed E-state index contributed by atoms with van der Waals surface area (Å²) in [4.78, 5) is 15.0. The highest BCUT2D eigenvalue weighted by atomic mass is 16.6. The van der Waals surface area contributed by atoms with Gasteiger partial charge in [0.25, 0.3) is 5.91 Å². The summed E-state index contributed by atoms with van der Waals surface area (Å²) >= 11 is 0. The Balaban J connectivity index is 1.45. The van der Waals surface area contributed by atoms with Crippen LogP contribution in [0.1, 0.15) is 39.4 Å². The third-order valence-corrected chi connectivity index (χ3v) is 7.24. The van der Waals surface area contributed by atoms with E-state index in [1.54, 1.807) is 19.1 Å². The Bertz CT molecular complexity index is 1390. The van der Waals surface area contributed by atoms with Crippen molar-refractivity contribution in [2.24, 2.45) is 5.92 Å². The Morgan fingerprint density at radius 1 is 1.02 bits per heavy atom. The number of hydrogen-bond donors (Lipinski definition) is 4. The first-order chi connectivity index (χ1) is 19.2. The van der Waals surface area contributed by atoms with Crippen molar-refractivity contribution in [3.8, 4) is 17.4 Å². The number of ether oxygens (including phenoxy) is 1. The predicted molar refractivity (Wildman–Crippen MR) is 153 cm³/mol. The number of carbonyl (C=O) groups is 1. The Morgan fingerprint density at radius 2 is 1.73 bits per heavy atom. The number of amides is 1. The van der Waals surface area contributed by atoms with Gasteiger partial charge in [-0.15, -0.1) is 0 Å². The molecule has 212 valence electrons. The third-order valence-electron chi connectivity index (χ3n) is 7.24. The molecule has 2 aromatic carbocycles. The molecule has 0 radical (unpaired) electrons. The zero-order valence-corrected chi connectivity index (χ0v) is 23.1. The molecule has 1 aliphatic rings. The van der Waals surface area contributed by atoms with Crippen LogP contribution in [0.2, 0.25) is 0 Å². The number of anilines is 1. The quantitative estimate of drug-likeness (QED) is 0.222. The summed E-state index contributed by atoms with van der Waals surface area (Å²) in [6.45, 7) is 7.76. The van der Waals surface area contributed by atoms with Gasteiger partial charge in [-0.1, -0.05) is 39.0 Å². The van der Waals surface area contributed by atoms with E-state index >= 15 is 0 Å². The Morgan fingerprint density at radius 3 is 2.42 bits per heavy atom. The van der Waals surface area contributed by atoms with Gasteiger partial charge in [0.15, 0.2) is 6.29 Å². The molecule has 4 N–H and O–H groups in total. The maximum Gasteiger partial charge on any atom is 0.262 e. The van der Waals surface area contributed by atoms with Crippen molar-refractivity contribution < 1.29 is 29.3 Å². The molecular weight excluding hydrogens is 510 g/mol. The van der Waals surface area contributed by atoms with E-state index in [0.29, 0.717) is 11.5 Å².